The van der Waals surface area contributed by atoms with Gasteiger partial charge in [0.1, 0.15) is 11.5 Å². The van der Waals surface area contributed by atoms with Crippen molar-refractivity contribution in [2.75, 3.05) is 41.0 Å². The molecule has 0 saturated heterocycles. The van der Waals surface area contributed by atoms with Crippen LogP contribution in [0, 0.1) is 0 Å². The molecule has 0 fully saturated rings. The summed E-state index contributed by atoms with van der Waals surface area (Å²) in [6.07, 6.45) is 1.67. The summed E-state index contributed by atoms with van der Waals surface area (Å²) < 4.78 is 40.7. The van der Waals surface area contributed by atoms with Gasteiger partial charge in [0.15, 0.2) is 5.03 Å². The van der Waals surface area contributed by atoms with Crippen molar-refractivity contribution >= 4 is 10.0 Å². The van der Waals surface area contributed by atoms with Crippen LogP contribution in [0.15, 0.2) is 65.8 Å². The van der Waals surface area contributed by atoms with E-state index in [1.807, 2.05) is 60.5 Å². The van der Waals surface area contributed by atoms with Crippen LogP contribution < -0.4 is 9.47 Å². The number of aromatic nitrogens is 2. The van der Waals surface area contributed by atoms with E-state index in [9.17, 15) is 8.42 Å². The predicted molar refractivity (Wildman–Crippen MR) is 129 cm³/mol. The van der Waals surface area contributed by atoms with E-state index in [1.54, 1.807) is 25.1 Å². The highest BCUT2D eigenvalue weighted by atomic mass is 32.2. The number of methoxy groups -OCH3 is 2. The number of sulfonamides is 1. The highest BCUT2D eigenvalue weighted by Crippen LogP contribution is 2.22. The van der Waals surface area contributed by atoms with Crippen LogP contribution in [0.4, 0.5) is 0 Å². The van der Waals surface area contributed by atoms with E-state index in [0.717, 1.165) is 11.1 Å². The van der Waals surface area contributed by atoms with E-state index in [4.69, 9.17) is 14.6 Å². The first-order chi connectivity index (χ1) is 16.3. The average molecular weight is 489 g/mol. The van der Waals surface area contributed by atoms with Crippen molar-refractivity contribution in [3.8, 4) is 11.5 Å². The number of nitrogens with zero attached hydrogens (tertiary/aromatic N) is 4. The molecule has 184 valence electrons. The van der Waals surface area contributed by atoms with Crippen LogP contribution in [0.25, 0.3) is 0 Å². The first kappa shape index (κ1) is 25.7. The number of ether oxygens (including phenoxy) is 2. The Hall–Kier alpha value is -2.92. The predicted octanol–water partition coefficient (Wildman–Crippen LogP) is 2.22. The summed E-state index contributed by atoms with van der Waals surface area (Å²) in [5.74, 6) is 1.41. The minimum atomic E-state index is -3.87. The maximum atomic E-state index is 13.6. The van der Waals surface area contributed by atoms with E-state index < -0.39 is 10.0 Å². The minimum absolute atomic E-state index is 0.000616. The minimum Gasteiger partial charge on any atom is -0.497 e. The number of likely N-dealkylation sites (N-methyl/N-ethyl adjacent to an activating group) is 1. The molecule has 0 spiro atoms. The van der Waals surface area contributed by atoms with E-state index >= 15 is 0 Å². The third-order valence-corrected chi connectivity index (χ3v) is 7.13. The first-order valence-corrected chi connectivity index (χ1v) is 12.4. The van der Waals surface area contributed by atoms with Crippen LogP contribution in [0.2, 0.25) is 0 Å². The van der Waals surface area contributed by atoms with Crippen molar-refractivity contribution in [2.24, 2.45) is 0 Å². The van der Waals surface area contributed by atoms with Gasteiger partial charge in [-0.05, 0) is 48.5 Å². The molecule has 34 heavy (non-hydrogen) atoms. The van der Waals surface area contributed by atoms with Crippen molar-refractivity contribution < 1.29 is 23.0 Å². The summed E-state index contributed by atoms with van der Waals surface area (Å²) in [7, 11) is 1.20. The van der Waals surface area contributed by atoms with Crippen LogP contribution >= 0.6 is 0 Å². The van der Waals surface area contributed by atoms with Crippen molar-refractivity contribution in [2.45, 2.75) is 24.7 Å². The van der Waals surface area contributed by atoms with Crippen molar-refractivity contribution in [1.82, 2.24) is 19.0 Å². The number of hydrogen-bond acceptors (Lipinski definition) is 7. The smallest absolute Gasteiger partial charge is 0.262 e. The molecule has 10 heteroatoms. The van der Waals surface area contributed by atoms with Crippen LogP contribution in [-0.4, -0.2) is 73.5 Å². The number of rotatable bonds is 13. The second-order valence-electron chi connectivity index (χ2n) is 7.91. The van der Waals surface area contributed by atoms with E-state index in [1.165, 1.54) is 10.4 Å². The SMILES string of the molecule is COc1ccc(CN(Cc2ccc(OC)cc2)S(=O)(=O)c2ccn(CCN(C)CCO)n2)cc1. The molecule has 0 amide bonds. The van der Waals surface area contributed by atoms with Gasteiger partial charge in [-0.2, -0.15) is 9.40 Å². The Morgan fingerprint density at radius 1 is 0.882 bits per heavy atom. The summed E-state index contributed by atoms with van der Waals surface area (Å²) in [5, 5.41) is 13.4. The molecule has 0 radical (unpaired) electrons. The molecule has 9 nitrogen and oxygen atoms in total. The fourth-order valence-electron chi connectivity index (χ4n) is 3.39. The number of benzene rings is 2. The lowest BCUT2D eigenvalue weighted by Gasteiger charge is -2.22. The molecule has 3 aromatic rings. The summed E-state index contributed by atoms with van der Waals surface area (Å²) in [4.78, 5) is 1.95. The molecular weight excluding hydrogens is 456 g/mol. The molecule has 1 heterocycles. The van der Waals surface area contributed by atoms with Crippen molar-refractivity contribution in [1.29, 1.82) is 0 Å². The van der Waals surface area contributed by atoms with Gasteiger partial charge in [-0.1, -0.05) is 24.3 Å². The summed E-state index contributed by atoms with van der Waals surface area (Å²) in [6.45, 7) is 2.14. The third kappa shape index (κ3) is 6.80. The maximum absolute atomic E-state index is 13.6. The van der Waals surface area contributed by atoms with Gasteiger partial charge in [0.25, 0.3) is 10.0 Å². The van der Waals surface area contributed by atoms with Gasteiger partial charge in [-0.15, -0.1) is 0 Å². The molecule has 0 aliphatic rings. The molecule has 0 atom stereocenters. The fraction of sp³-hybridized carbons (Fsp3) is 0.375. The zero-order valence-corrected chi connectivity index (χ0v) is 20.6. The fourth-order valence-corrected chi connectivity index (χ4v) is 4.73. The molecule has 0 bridgehead atoms. The van der Waals surface area contributed by atoms with Gasteiger partial charge < -0.3 is 19.5 Å². The monoisotopic (exact) mass is 488 g/mol. The van der Waals surface area contributed by atoms with Gasteiger partial charge in [0.05, 0.1) is 27.4 Å². The van der Waals surface area contributed by atoms with Crippen molar-refractivity contribution in [3.63, 3.8) is 0 Å². The molecule has 0 unspecified atom stereocenters. The average Bonchev–Trinajstić information content (AvgIpc) is 3.33. The largest absolute Gasteiger partial charge is 0.497 e. The summed E-state index contributed by atoms with van der Waals surface area (Å²) >= 11 is 0. The Balaban J connectivity index is 1.83. The van der Waals surface area contributed by atoms with Gasteiger partial charge >= 0.3 is 0 Å². The highest BCUT2D eigenvalue weighted by molar-refractivity contribution is 7.89. The van der Waals surface area contributed by atoms with Crippen molar-refractivity contribution in [3.05, 3.63) is 71.9 Å². The lowest BCUT2D eigenvalue weighted by Crippen LogP contribution is -2.31. The van der Waals surface area contributed by atoms with Crippen LogP contribution in [0.5, 0.6) is 11.5 Å². The molecule has 0 aliphatic carbocycles. The molecule has 2 aromatic carbocycles. The second kappa shape index (κ2) is 12.0. The molecular formula is C24H32N4O5S. The highest BCUT2D eigenvalue weighted by Gasteiger charge is 2.27. The van der Waals surface area contributed by atoms with E-state index in [-0.39, 0.29) is 24.7 Å². The summed E-state index contributed by atoms with van der Waals surface area (Å²) in [5.41, 5.74) is 1.67. The standard InChI is InChI=1S/C24H32N4O5S/c1-26(16-17-29)14-15-27-13-12-24(25-27)34(30,31)28(18-20-4-8-22(32-2)9-5-20)19-21-6-10-23(33-3)11-7-21/h4-13,29H,14-19H2,1-3H3. The lowest BCUT2D eigenvalue weighted by atomic mass is 10.2. The Morgan fingerprint density at radius 3 is 1.88 bits per heavy atom. The zero-order chi connectivity index (χ0) is 24.6. The van der Waals surface area contributed by atoms with Gasteiger partial charge in [-0.25, -0.2) is 8.42 Å². The number of aliphatic hydroxyl groups is 1. The quantitative estimate of drug-likeness (QED) is 0.394. The Bertz CT molecular complexity index is 1080. The zero-order valence-electron chi connectivity index (χ0n) is 19.8. The molecule has 0 aliphatic heterocycles. The summed E-state index contributed by atoms with van der Waals surface area (Å²) in [6, 6.07) is 16.2. The van der Waals surface area contributed by atoms with Crippen LogP contribution in [0.1, 0.15) is 11.1 Å². The topological polar surface area (TPSA) is 97.1 Å². The molecule has 3 rings (SSSR count). The second-order valence-corrected chi connectivity index (χ2v) is 9.80. The number of hydrogen-bond donors (Lipinski definition) is 1. The molecule has 0 saturated carbocycles. The third-order valence-electron chi connectivity index (χ3n) is 5.45. The van der Waals surface area contributed by atoms with E-state index in [0.29, 0.717) is 31.1 Å². The molecule has 1 N–H and O–H groups in total. The van der Waals surface area contributed by atoms with E-state index in [2.05, 4.69) is 5.10 Å². The Morgan fingerprint density at radius 2 is 1.41 bits per heavy atom. The number of aliphatic hydroxyl groups excluding tert-OH is 1. The Labute approximate surface area is 201 Å². The lowest BCUT2D eigenvalue weighted by molar-refractivity contribution is 0.215. The Kier molecular flexibility index (Phi) is 9.05. The molecule has 1 aromatic heterocycles. The van der Waals surface area contributed by atoms with Gasteiger partial charge in [0, 0.05) is 32.4 Å². The normalized spacial score (nSPS) is 11.8. The van der Waals surface area contributed by atoms with Gasteiger partial charge in [0.2, 0.25) is 0 Å². The maximum Gasteiger partial charge on any atom is 0.262 e. The first-order valence-electron chi connectivity index (χ1n) is 10.9. The van der Waals surface area contributed by atoms with Gasteiger partial charge in [-0.3, -0.25) is 4.68 Å². The van der Waals surface area contributed by atoms with Crippen LogP contribution in [-0.2, 0) is 29.7 Å². The van der Waals surface area contributed by atoms with Crippen LogP contribution in [0.3, 0.4) is 0 Å².